The van der Waals surface area contributed by atoms with Crippen LogP contribution in [-0.2, 0) is 25.4 Å². The van der Waals surface area contributed by atoms with Gasteiger partial charge in [0.05, 0.1) is 17.1 Å². The van der Waals surface area contributed by atoms with Crippen molar-refractivity contribution in [2.24, 2.45) is 5.92 Å². The molecule has 1 heterocycles. The molecule has 0 radical (unpaired) electrons. The van der Waals surface area contributed by atoms with Crippen LogP contribution >= 0.6 is 0 Å². The van der Waals surface area contributed by atoms with E-state index >= 15 is 0 Å². The van der Waals surface area contributed by atoms with E-state index in [1.54, 1.807) is 0 Å². The van der Waals surface area contributed by atoms with Gasteiger partial charge in [0.1, 0.15) is 6.61 Å². The molecule has 3 rings (SSSR count). The zero-order valence-electron chi connectivity index (χ0n) is 15.6. The molecule has 4 nitrogen and oxygen atoms in total. The van der Waals surface area contributed by atoms with E-state index in [0.29, 0.717) is 13.0 Å². The Morgan fingerprint density at radius 2 is 1.80 bits per heavy atom. The lowest BCUT2D eigenvalue weighted by molar-refractivity contribution is -0.150. The second-order valence-electron chi connectivity index (χ2n) is 7.93. The van der Waals surface area contributed by atoms with E-state index in [9.17, 15) is 4.79 Å². The van der Waals surface area contributed by atoms with E-state index in [0.717, 1.165) is 23.9 Å². The van der Waals surface area contributed by atoms with Gasteiger partial charge in [-0.25, -0.2) is 0 Å². The summed E-state index contributed by atoms with van der Waals surface area (Å²) in [5.41, 5.74) is 1.50. The maximum Gasteiger partial charge on any atom is 0.490 e. The van der Waals surface area contributed by atoms with Gasteiger partial charge < -0.3 is 14.0 Å². The van der Waals surface area contributed by atoms with Crippen LogP contribution in [-0.4, -0.2) is 24.3 Å². The first-order valence-electron chi connectivity index (χ1n) is 9.04. The standard InChI is InChI=1S/C20H27BO4/c1-19(2)20(3,4)25-21(24-19)17-12-10-16(11-13-17)18(22)23-14-15-8-6-5-7-9-15/h5-9,12,16H,10-11,13-14H2,1-4H3/t16-/m0/s1. The second-order valence-corrected chi connectivity index (χ2v) is 7.93. The van der Waals surface area contributed by atoms with E-state index in [-0.39, 0.29) is 30.2 Å². The van der Waals surface area contributed by atoms with Crippen molar-refractivity contribution in [1.29, 1.82) is 0 Å². The molecule has 1 aromatic rings. The summed E-state index contributed by atoms with van der Waals surface area (Å²) >= 11 is 0. The third-order valence-electron chi connectivity index (χ3n) is 5.56. The molecule has 0 spiro atoms. The first kappa shape index (κ1) is 18.2. The minimum Gasteiger partial charge on any atom is -0.461 e. The summed E-state index contributed by atoms with van der Waals surface area (Å²) in [5, 5.41) is 0. The number of hydrogen-bond donors (Lipinski definition) is 0. The van der Waals surface area contributed by atoms with E-state index in [2.05, 4.69) is 33.8 Å². The Kier molecular flexibility index (Phi) is 5.07. The van der Waals surface area contributed by atoms with Gasteiger partial charge in [-0.15, -0.1) is 0 Å². The molecule has 1 fully saturated rings. The van der Waals surface area contributed by atoms with Crippen LogP contribution in [0, 0.1) is 5.92 Å². The Labute approximate surface area is 150 Å². The van der Waals surface area contributed by atoms with Crippen LogP contribution in [0.3, 0.4) is 0 Å². The Bertz CT molecular complexity index is 635. The summed E-state index contributed by atoms with van der Waals surface area (Å²) < 4.78 is 17.7. The third-order valence-corrected chi connectivity index (χ3v) is 5.56. The maximum absolute atomic E-state index is 12.3. The third kappa shape index (κ3) is 3.99. The number of allylic oxidation sites excluding steroid dienone is 2. The number of carbonyl (C=O) groups is 1. The summed E-state index contributed by atoms with van der Waals surface area (Å²) in [6.07, 6.45) is 4.37. The van der Waals surface area contributed by atoms with Gasteiger partial charge in [0.25, 0.3) is 0 Å². The van der Waals surface area contributed by atoms with Crippen LogP contribution in [0.15, 0.2) is 41.9 Å². The molecule has 0 bridgehead atoms. The quantitative estimate of drug-likeness (QED) is 0.611. The maximum atomic E-state index is 12.3. The summed E-state index contributed by atoms with van der Waals surface area (Å²) in [5.74, 6) is -0.192. The monoisotopic (exact) mass is 342 g/mol. The highest BCUT2D eigenvalue weighted by Gasteiger charge is 2.52. The van der Waals surface area contributed by atoms with Gasteiger partial charge in [-0.1, -0.05) is 36.4 Å². The van der Waals surface area contributed by atoms with Crippen molar-refractivity contribution in [2.75, 3.05) is 0 Å². The molecule has 134 valence electrons. The van der Waals surface area contributed by atoms with Crippen LogP contribution < -0.4 is 0 Å². The van der Waals surface area contributed by atoms with E-state index < -0.39 is 0 Å². The normalized spacial score (nSPS) is 24.7. The first-order chi connectivity index (χ1) is 11.8. The van der Waals surface area contributed by atoms with Crippen molar-refractivity contribution in [3.05, 3.63) is 47.4 Å². The molecule has 5 heteroatoms. The van der Waals surface area contributed by atoms with Gasteiger partial charge in [-0.3, -0.25) is 4.79 Å². The number of carbonyl (C=O) groups excluding carboxylic acids is 1. The smallest absolute Gasteiger partial charge is 0.461 e. The zero-order valence-corrected chi connectivity index (χ0v) is 15.6. The van der Waals surface area contributed by atoms with E-state index in [1.807, 2.05) is 30.3 Å². The lowest BCUT2D eigenvalue weighted by Gasteiger charge is -2.32. The predicted octanol–water partition coefficient (Wildman–Crippen LogP) is 4.09. The van der Waals surface area contributed by atoms with Crippen LogP contribution in [0.5, 0.6) is 0 Å². The summed E-state index contributed by atoms with van der Waals surface area (Å²) in [6.45, 7) is 8.56. The molecule has 0 unspecified atom stereocenters. The van der Waals surface area contributed by atoms with Gasteiger partial charge in [0.2, 0.25) is 0 Å². The highest BCUT2D eigenvalue weighted by atomic mass is 16.7. The molecular formula is C20H27BO4. The summed E-state index contributed by atoms with van der Waals surface area (Å²) in [4.78, 5) is 12.3. The molecule has 0 N–H and O–H groups in total. The molecule has 1 aliphatic heterocycles. The lowest BCUT2D eigenvalue weighted by Crippen LogP contribution is -2.41. The largest absolute Gasteiger partial charge is 0.490 e. The average molecular weight is 342 g/mol. The second kappa shape index (κ2) is 6.97. The molecule has 1 aromatic carbocycles. The topological polar surface area (TPSA) is 44.8 Å². The van der Waals surface area contributed by atoms with Crippen molar-refractivity contribution in [3.63, 3.8) is 0 Å². The molecule has 0 saturated carbocycles. The van der Waals surface area contributed by atoms with E-state index in [4.69, 9.17) is 14.0 Å². The average Bonchev–Trinajstić information content (AvgIpc) is 2.81. The Morgan fingerprint density at radius 1 is 1.16 bits per heavy atom. The zero-order chi connectivity index (χ0) is 18.1. The SMILES string of the molecule is CC1(C)OB(C2=CC[C@H](C(=O)OCc3ccccc3)CC2)OC1(C)C. The Morgan fingerprint density at radius 3 is 2.36 bits per heavy atom. The Balaban J connectivity index is 1.53. The van der Waals surface area contributed by atoms with Gasteiger partial charge in [0.15, 0.2) is 0 Å². The molecule has 1 aliphatic carbocycles. The number of hydrogen-bond acceptors (Lipinski definition) is 4. The van der Waals surface area contributed by atoms with Gasteiger partial charge in [-0.2, -0.15) is 0 Å². The fourth-order valence-corrected chi connectivity index (χ4v) is 3.12. The van der Waals surface area contributed by atoms with Crippen LogP contribution in [0.4, 0.5) is 0 Å². The van der Waals surface area contributed by atoms with Crippen molar-refractivity contribution < 1.29 is 18.8 Å². The highest BCUT2D eigenvalue weighted by Crippen LogP contribution is 2.40. The Hall–Kier alpha value is -1.59. The van der Waals surface area contributed by atoms with Crippen molar-refractivity contribution >= 4 is 13.1 Å². The van der Waals surface area contributed by atoms with E-state index in [1.165, 1.54) is 0 Å². The molecule has 1 atom stereocenters. The minimum atomic E-state index is -0.329. The van der Waals surface area contributed by atoms with Crippen LogP contribution in [0.25, 0.3) is 0 Å². The fourth-order valence-electron chi connectivity index (χ4n) is 3.12. The molecule has 1 saturated heterocycles. The first-order valence-corrected chi connectivity index (χ1v) is 9.04. The van der Waals surface area contributed by atoms with Crippen LogP contribution in [0.1, 0.15) is 52.5 Å². The molecular weight excluding hydrogens is 315 g/mol. The predicted molar refractivity (Wildman–Crippen MR) is 97.7 cm³/mol. The van der Waals surface area contributed by atoms with Crippen molar-refractivity contribution in [2.45, 2.75) is 64.8 Å². The minimum absolute atomic E-state index is 0.0742. The van der Waals surface area contributed by atoms with Gasteiger partial charge in [0, 0.05) is 0 Å². The summed E-state index contributed by atoms with van der Waals surface area (Å²) in [7, 11) is -0.300. The number of rotatable bonds is 4. The highest BCUT2D eigenvalue weighted by molar-refractivity contribution is 6.54. The van der Waals surface area contributed by atoms with Gasteiger partial charge >= 0.3 is 13.1 Å². The fraction of sp³-hybridized carbons (Fsp3) is 0.550. The van der Waals surface area contributed by atoms with Crippen molar-refractivity contribution in [3.8, 4) is 0 Å². The molecule has 0 aromatic heterocycles. The lowest BCUT2D eigenvalue weighted by atomic mass is 9.70. The molecule has 2 aliphatic rings. The number of benzene rings is 1. The number of esters is 1. The molecule has 25 heavy (non-hydrogen) atoms. The number of ether oxygens (including phenoxy) is 1. The van der Waals surface area contributed by atoms with Crippen molar-refractivity contribution in [1.82, 2.24) is 0 Å². The van der Waals surface area contributed by atoms with Crippen LogP contribution in [0.2, 0.25) is 0 Å². The summed E-state index contributed by atoms with van der Waals surface area (Å²) in [6, 6.07) is 9.77. The molecule has 0 amide bonds. The van der Waals surface area contributed by atoms with Gasteiger partial charge in [-0.05, 0) is 58.0 Å².